The van der Waals surface area contributed by atoms with Crippen molar-refractivity contribution in [2.75, 3.05) is 48.3 Å². The number of anilines is 4. The molecule has 7 rings (SSSR count). The molecule has 184 valence electrons. The van der Waals surface area contributed by atoms with Gasteiger partial charge in [-0.1, -0.05) is 0 Å². The van der Waals surface area contributed by atoms with E-state index in [0.29, 0.717) is 30.3 Å². The predicted molar refractivity (Wildman–Crippen MR) is 141 cm³/mol. The summed E-state index contributed by atoms with van der Waals surface area (Å²) in [6.45, 7) is 3.51. The lowest BCUT2D eigenvalue weighted by Crippen LogP contribution is -2.44. The van der Waals surface area contributed by atoms with Crippen molar-refractivity contribution >= 4 is 44.8 Å². The van der Waals surface area contributed by atoms with Crippen molar-refractivity contribution in [2.24, 2.45) is 0 Å². The first kappa shape index (κ1) is 21.8. The smallest absolute Gasteiger partial charge is 0.152 e. The zero-order valence-electron chi connectivity index (χ0n) is 19.9. The van der Waals surface area contributed by atoms with Gasteiger partial charge in [-0.15, -0.1) is 11.3 Å². The number of piperazine rings is 1. The van der Waals surface area contributed by atoms with Gasteiger partial charge in [0.1, 0.15) is 22.5 Å². The third-order valence-electron chi connectivity index (χ3n) is 7.44. The maximum atomic E-state index is 9.87. The molecule has 0 spiro atoms. The van der Waals surface area contributed by atoms with Gasteiger partial charge < -0.3 is 20.2 Å². The number of hydrogen-bond donors (Lipinski definition) is 2. The van der Waals surface area contributed by atoms with Crippen molar-refractivity contribution in [3.8, 4) is 10.6 Å². The number of pyridine rings is 2. The minimum Gasteiger partial charge on any atom is -0.391 e. The molecule has 3 aliphatic heterocycles. The minimum atomic E-state index is -0.285. The van der Waals surface area contributed by atoms with Crippen LogP contribution in [-0.2, 0) is 0 Å². The summed E-state index contributed by atoms with van der Waals surface area (Å²) in [6, 6.07) is 7.10. The van der Waals surface area contributed by atoms with E-state index in [1.54, 1.807) is 17.5 Å². The normalized spacial score (nSPS) is 23.8. The number of rotatable bonds is 5. The molecular weight excluding hydrogens is 474 g/mol. The molecule has 0 aliphatic carbocycles. The molecule has 0 saturated carbocycles. The Balaban J connectivity index is 1.11. The number of aliphatic hydroxyl groups excluding tert-OH is 1. The van der Waals surface area contributed by atoms with Crippen LogP contribution in [0, 0.1) is 0 Å². The van der Waals surface area contributed by atoms with Crippen molar-refractivity contribution < 1.29 is 5.11 Å². The van der Waals surface area contributed by atoms with Gasteiger partial charge in [0.05, 0.1) is 28.7 Å². The van der Waals surface area contributed by atoms with E-state index >= 15 is 0 Å². The number of hydrogen-bond acceptors (Lipinski definition) is 11. The second-order valence-electron chi connectivity index (χ2n) is 9.87. The Hall–Kier alpha value is -3.41. The molecule has 0 radical (unpaired) electrons. The first-order valence-corrected chi connectivity index (χ1v) is 13.1. The van der Waals surface area contributed by atoms with Gasteiger partial charge in [-0.3, -0.25) is 9.88 Å². The number of nitrogens with one attached hydrogen (secondary N) is 1. The van der Waals surface area contributed by atoms with Crippen molar-refractivity contribution in [2.45, 2.75) is 31.0 Å². The van der Waals surface area contributed by atoms with Crippen LogP contribution in [0.2, 0.25) is 0 Å². The number of β-amino-alcohol motifs (C(OH)–C–C–N with tert-alkyl or cyclic N) is 1. The summed E-state index contributed by atoms with van der Waals surface area (Å²) in [5, 5.41) is 14.1. The molecule has 2 bridgehead atoms. The SMILES string of the molecule is CN1C[C@@H]2C[C@H]1CN2c1cncc(Nc2cc3nc(-c4ccnc(N5CC[C@@H](O)C5)c4)sc3cn2)n1. The second kappa shape index (κ2) is 8.61. The molecule has 7 heterocycles. The van der Waals surface area contributed by atoms with E-state index in [2.05, 4.69) is 42.0 Å². The second-order valence-corrected chi connectivity index (χ2v) is 10.9. The lowest BCUT2D eigenvalue weighted by atomic mass is 10.2. The van der Waals surface area contributed by atoms with Crippen molar-refractivity contribution in [3.63, 3.8) is 0 Å². The zero-order valence-corrected chi connectivity index (χ0v) is 20.8. The number of fused-ring (bicyclic) bond motifs is 3. The maximum absolute atomic E-state index is 9.87. The molecule has 10 nitrogen and oxygen atoms in total. The molecule has 4 aromatic heterocycles. The van der Waals surface area contributed by atoms with Gasteiger partial charge in [0.2, 0.25) is 0 Å². The molecule has 0 amide bonds. The average Bonchev–Trinajstić information content (AvgIpc) is 3.67. The van der Waals surface area contributed by atoms with Gasteiger partial charge in [0.25, 0.3) is 0 Å². The molecule has 11 heteroatoms. The quantitative estimate of drug-likeness (QED) is 0.424. The molecule has 4 aromatic rings. The highest BCUT2D eigenvalue weighted by molar-refractivity contribution is 7.21. The number of aromatic nitrogens is 5. The summed E-state index contributed by atoms with van der Waals surface area (Å²) >= 11 is 1.61. The zero-order chi connectivity index (χ0) is 24.2. The molecule has 3 atom stereocenters. The van der Waals surface area contributed by atoms with E-state index < -0.39 is 0 Å². The number of thiazole rings is 1. The summed E-state index contributed by atoms with van der Waals surface area (Å²) in [5.74, 6) is 3.16. The fraction of sp³-hybridized carbons (Fsp3) is 0.400. The molecular formula is C25H27N9OS. The number of nitrogens with zero attached hydrogens (tertiary/aromatic N) is 8. The van der Waals surface area contributed by atoms with E-state index in [9.17, 15) is 5.11 Å². The Morgan fingerprint density at radius 3 is 2.75 bits per heavy atom. The van der Waals surface area contributed by atoms with Crippen LogP contribution in [0.3, 0.4) is 0 Å². The van der Waals surface area contributed by atoms with Gasteiger partial charge in [-0.05, 0) is 32.0 Å². The van der Waals surface area contributed by atoms with E-state index in [1.165, 1.54) is 6.42 Å². The predicted octanol–water partition coefficient (Wildman–Crippen LogP) is 2.75. The number of likely N-dealkylation sites (tertiary alicyclic amines) is 1. The van der Waals surface area contributed by atoms with Crippen LogP contribution in [0.15, 0.2) is 43.0 Å². The Morgan fingerprint density at radius 2 is 1.94 bits per heavy atom. The largest absolute Gasteiger partial charge is 0.391 e. The van der Waals surface area contributed by atoms with E-state index in [0.717, 1.165) is 58.5 Å². The Morgan fingerprint density at radius 1 is 1.00 bits per heavy atom. The molecule has 2 N–H and O–H groups in total. The number of likely N-dealkylation sites (N-methyl/N-ethyl adjacent to an activating group) is 1. The Labute approximate surface area is 212 Å². The van der Waals surface area contributed by atoms with Crippen LogP contribution in [0.5, 0.6) is 0 Å². The molecule has 0 unspecified atom stereocenters. The number of aliphatic hydroxyl groups is 1. The van der Waals surface area contributed by atoms with Crippen LogP contribution in [-0.4, -0.2) is 86.3 Å². The maximum Gasteiger partial charge on any atom is 0.152 e. The summed E-state index contributed by atoms with van der Waals surface area (Å²) in [7, 11) is 2.20. The monoisotopic (exact) mass is 501 g/mol. The summed E-state index contributed by atoms with van der Waals surface area (Å²) < 4.78 is 1.02. The first-order valence-electron chi connectivity index (χ1n) is 12.3. The molecule has 3 saturated heterocycles. The highest BCUT2D eigenvalue weighted by Crippen LogP contribution is 2.34. The summed E-state index contributed by atoms with van der Waals surface area (Å²) in [6.07, 6.45) is 8.92. The first-order chi connectivity index (χ1) is 17.6. The van der Waals surface area contributed by atoms with Crippen LogP contribution in [0.4, 0.5) is 23.3 Å². The Bertz CT molecular complexity index is 1430. The minimum absolute atomic E-state index is 0.285. The van der Waals surface area contributed by atoms with Crippen molar-refractivity contribution in [1.82, 2.24) is 29.8 Å². The van der Waals surface area contributed by atoms with Crippen LogP contribution < -0.4 is 15.1 Å². The van der Waals surface area contributed by atoms with E-state index in [-0.39, 0.29) is 6.10 Å². The van der Waals surface area contributed by atoms with Gasteiger partial charge in [-0.25, -0.2) is 19.9 Å². The fourth-order valence-corrected chi connectivity index (χ4v) is 6.44. The average molecular weight is 502 g/mol. The van der Waals surface area contributed by atoms with Crippen molar-refractivity contribution in [1.29, 1.82) is 0 Å². The van der Waals surface area contributed by atoms with Crippen molar-refractivity contribution in [3.05, 3.63) is 43.0 Å². The summed E-state index contributed by atoms with van der Waals surface area (Å²) in [4.78, 5) is 30.2. The van der Waals surface area contributed by atoms with Gasteiger partial charge in [0, 0.05) is 62.3 Å². The van der Waals surface area contributed by atoms with Gasteiger partial charge >= 0.3 is 0 Å². The molecule has 36 heavy (non-hydrogen) atoms. The lowest BCUT2D eigenvalue weighted by molar-refractivity contribution is 0.198. The fourth-order valence-electron chi connectivity index (χ4n) is 5.53. The lowest BCUT2D eigenvalue weighted by Gasteiger charge is -2.32. The van der Waals surface area contributed by atoms with Gasteiger partial charge in [0.15, 0.2) is 5.82 Å². The van der Waals surface area contributed by atoms with Crippen LogP contribution in [0.1, 0.15) is 12.8 Å². The third-order valence-corrected chi connectivity index (χ3v) is 8.50. The summed E-state index contributed by atoms with van der Waals surface area (Å²) in [5.41, 5.74) is 1.90. The molecule has 0 aromatic carbocycles. The third kappa shape index (κ3) is 3.93. The van der Waals surface area contributed by atoms with Gasteiger partial charge in [-0.2, -0.15) is 0 Å². The topological polar surface area (TPSA) is 106 Å². The Kier molecular flexibility index (Phi) is 5.22. The van der Waals surface area contributed by atoms with Crippen LogP contribution >= 0.6 is 11.3 Å². The molecule has 3 fully saturated rings. The standard InChI is InChI=1S/C25H27N9OS/c1-32-12-17-7-16(32)13-34(17)24-11-26-10-22(31-24)30-21-8-19-20(9-28-21)36-25(29-19)15-2-4-27-23(6-15)33-5-3-18(35)14-33/h2,4,6,8-11,16-18,35H,3,5,7,12-14H2,1H3,(H,28,30,31)/t16-,17-,18+/m0/s1. The van der Waals surface area contributed by atoms with Crippen LogP contribution in [0.25, 0.3) is 20.8 Å². The highest BCUT2D eigenvalue weighted by atomic mass is 32.1. The molecule has 3 aliphatic rings. The highest BCUT2D eigenvalue weighted by Gasteiger charge is 2.42. The van der Waals surface area contributed by atoms with E-state index in [4.69, 9.17) is 9.97 Å². The van der Waals surface area contributed by atoms with E-state index in [1.807, 2.05) is 36.8 Å².